The molecule has 0 saturated carbocycles. The minimum atomic E-state index is -3.64. The molecule has 116 valence electrons. The molecule has 0 unspecified atom stereocenters. The van der Waals surface area contributed by atoms with Gasteiger partial charge in [0.25, 0.3) is 0 Å². The van der Waals surface area contributed by atoms with Crippen molar-refractivity contribution in [2.75, 3.05) is 0 Å². The van der Waals surface area contributed by atoms with Gasteiger partial charge in [-0.1, -0.05) is 20.8 Å². The molecule has 0 amide bonds. The van der Waals surface area contributed by atoms with Gasteiger partial charge in [0.15, 0.2) is 0 Å². The molecule has 0 saturated heterocycles. The van der Waals surface area contributed by atoms with Gasteiger partial charge in [-0.05, 0) is 32.6 Å². The van der Waals surface area contributed by atoms with Crippen molar-refractivity contribution in [2.24, 2.45) is 11.1 Å². The molecule has 1 aromatic rings. The summed E-state index contributed by atoms with van der Waals surface area (Å²) in [7, 11) is -3.64. The van der Waals surface area contributed by atoms with E-state index in [9.17, 15) is 8.42 Å². The molecule has 0 bridgehead atoms. The van der Waals surface area contributed by atoms with Gasteiger partial charge in [0.2, 0.25) is 10.0 Å². The summed E-state index contributed by atoms with van der Waals surface area (Å²) >= 11 is 0. The van der Waals surface area contributed by atoms with Gasteiger partial charge in [0.05, 0.1) is 11.4 Å². The van der Waals surface area contributed by atoms with Gasteiger partial charge in [-0.25, -0.2) is 13.1 Å². The van der Waals surface area contributed by atoms with Crippen LogP contribution in [-0.2, 0) is 16.6 Å². The van der Waals surface area contributed by atoms with Crippen LogP contribution in [0.25, 0.3) is 0 Å². The lowest BCUT2D eigenvalue weighted by Crippen LogP contribution is -2.46. The number of hydrogen-bond donors (Lipinski definition) is 3. The zero-order valence-corrected chi connectivity index (χ0v) is 14.0. The van der Waals surface area contributed by atoms with Crippen LogP contribution in [-0.4, -0.2) is 24.2 Å². The lowest BCUT2D eigenvalue weighted by molar-refractivity contribution is 0.269. The molecule has 1 heterocycles. The fourth-order valence-electron chi connectivity index (χ4n) is 2.74. The minimum absolute atomic E-state index is 0.0220. The Morgan fingerprint density at radius 3 is 2.25 bits per heavy atom. The van der Waals surface area contributed by atoms with E-state index >= 15 is 0 Å². The number of nitrogens with two attached hydrogens (primary N) is 1. The predicted octanol–water partition coefficient (Wildman–Crippen LogP) is 1.67. The van der Waals surface area contributed by atoms with Crippen molar-refractivity contribution in [3.8, 4) is 0 Å². The summed E-state index contributed by atoms with van der Waals surface area (Å²) in [5.74, 6) is 0. The normalized spacial score (nSPS) is 13.8. The predicted molar refractivity (Wildman–Crippen MR) is 79.7 cm³/mol. The Morgan fingerprint density at radius 1 is 1.25 bits per heavy atom. The van der Waals surface area contributed by atoms with Crippen molar-refractivity contribution >= 4 is 10.0 Å². The first-order chi connectivity index (χ1) is 8.88. The Hall–Kier alpha value is -0.920. The van der Waals surface area contributed by atoms with Gasteiger partial charge in [-0.2, -0.15) is 5.10 Å². The van der Waals surface area contributed by atoms with Gasteiger partial charge in [0.1, 0.15) is 4.90 Å². The number of rotatable bonds is 5. The van der Waals surface area contributed by atoms with Crippen molar-refractivity contribution in [3.05, 3.63) is 11.4 Å². The molecule has 0 aromatic carbocycles. The van der Waals surface area contributed by atoms with Crippen molar-refractivity contribution < 1.29 is 8.42 Å². The second-order valence-electron chi connectivity index (χ2n) is 7.06. The van der Waals surface area contributed by atoms with Crippen LogP contribution in [0, 0.1) is 12.3 Å². The molecule has 0 aliphatic heterocycles. The number of aromatic nitrogens is 2. The number of aromatic amines is 1. The van der Waals surface area contributed by atoms with Crippen LogP contribution in [0.5, 0.6) is 0 Å². The summed E-state index contributed by atoms with van der Waals surface area (Å²) in [6, 6.07) is 0. The Morgan fingerprint density at radius 2 is 1.80 bits per heavy atom. The summed E-state index contributed by atoms with van der Waals surface area (Å²) in [6.07, 6.45) is 0.716. The van der Waals surface area contributed by atoms with Crippen LogP contribution < -0.4 is 10.5 Å². The maximum Gasteiger partial charge on any atom is 0.244 e. The number of nitrogens with zero attached hydrogens (tertiary/aromatic N) is 1. The molecule has 0 radical (unpaired) electrons. The van der Waals surface area contributed by atoms with Crippen molar-refractivity contribution in [3.63, 3.8) is 0 Å². The van der Waals surface area contributed by atoms with E-state index < -0.39 is 15.6 Å². The quantitative estimate of drug-likeness (QED) is 0.770. The highest BCUT2D eigenvalue weighted by atomic mass is 32.2. The first-order valence-corrected chi connectivity index (χ1v) is 8.14. The maximum atomic E-state index is 12.6. The Balaban J connectivity index is 3.09. The van der Waals surface area contributed by atoms with Crippen LogP contribution in [0.15, 0.2) is 4.90 Å². The van der Waals surface area contributed by atoms with E-state index in [0.29, 0.717) is 17.8 Å². The standard InChI is InChI=1S/C13H26N4O2S/c1-9-11(10(7-14)16-15-9)20(18,19)17-13(5,6)8-12(2,3)4/h17H,7-8,14H2,1-6H3,(H,15,16). The average molecular weight is 302 g/mol. The van der Waals surface area contributed by atoms with Gasteiger partial charge in [-0.3, -0.25) is 5.10 Å². The maximum absolute atomic E-state index is 12.6. The molecular formula is C13H26N4O2S. The van der Waals surface area contributed by atoms with Crippen molar-refractivity contribution in [2.45, 2.75) is 64.9 Å². The van der Waals surface area contributed by atoms with Gasteiger partial charge < -0.3 is 5.73 Å². The molecule has 0 spiro atoms. The molecule has 0 atom stereocenters. The summed E-state index contributed by atoms with van der Waals surface area (Å²) in [6.45, 7) is 11.8. The number of sulfonamides is 1. The fraction of sp³-hybridized carbons (Fsp3) is 0.769. The fourth-order valence-corrected chi connectivity index (χ4v) is 4.53. The smallest absolute Gasteiger partial charge is 0.244 e. The number of nitrogens with one attached hydrogen (secondary N) is 2. The third-order valence-corrected chi connectivity index (χ3v) is 4.71. The highest BCUT2D eigenvalue weighted by Crippen LogP contribution is 2.29. The van der Waals surface area contributed by atoms with E-state index in [1.807, 2.05) is 13.8 Å². The zero-order chi connectivity index (χ0) is 15.8. The third-order valence-electron chi connectivity index (χ3n) is 2.81. The number of aryl methyl sites for hydroxylation is 1. The van der Waals surface area contributed by atoms with Crippen LogP contribution in [0.4, 0.5) is 0 Å². The molecule has 0 aliphatic carbocycles. The first kappa shape index (κ1) is 17.1. The summed E-state index contributed by atoms with van der Waals surface area (Å²) in [4.78, 5) is 0.169. The molecule has 1 rings (SSSR count). The van der Waals surface area contributed by atoms with Gasteiger partial charge in [-0.15, -0.1) is 0 Å². The van der Waals surface area contributed by atoms with Crippen LogP contribution in [0.2, 0.25) is 0 Å². The van der Waals surface area contributed by atoms with E-state index in [2.05, 4.69) is 35.7 Å². The molecular weight excluding hydrogens is 276 g/mol. The Labute approximate surface area is 121 Å². The van der Waals surface area contributed by atoms with Crippen LogP contribution >= 0.6 is 0 Å². The van der Waals surface area contributed by atoms with E-state index in [1.54, 1.807) is 6.92 Å². The highest BCUT2D eigenvalue weighted by molar-refractivity contribution is 7.89. The van der Waals surface area contributed by atoms with E-state index in [-0.39, 0.29) is 16.9 Å². The largest absolute Gasteiger partial charge is 0.325 e. The minimum Gasteiger partial charge on any atom is -0.325 e. The zero-order valence-electron chi connectivity index (χ0n) is 13.2. The van der Waals surface area contributed by atoms with Gasteiger partial charge >= 0.3 is 0 Å². The Bertz CT molecular complexity index is 568. The summed E-state index contributed by atoms with van der Waals surface area (Å²) < 4.78 is 27.9. The van der Waals surface area contributed by atoms with Crippen LogP contribution in [0.1, 0.15) is 52.4 Å². The first-order valence-electron chi connectivity index (χ1n) is 6.66. The van der Waals surface area contributed by atoms with Crippen molar-refractivity contribution in [1.82, 2.24) is 14.9 Å². The number of H-pyrrole nitrogens is 1. The summed E-state index contributed by atoms with van der Waals surface area (Å²) in [5, 5.41) is 6.62. The summed E-state index contributed by atoms with van der Waals surface area (Å²) in [5.41, 5.74) is 5.89. The second-order valence-corrected chi connectivity index (χ2v) is 8.67. The Kier molecular flexibility index (Phi) is 4.68. The average Bonchev–Trinajstić information content (AvgIpc) is 2.54. The lowest BCUT2D eigenvalue weighted by Gasteiger charge is -2.33. The molecule has 1 aromatic heterocycles. The third kappa shape index (κ3) is 4.29. The topological polar surface area (TPSA) is 101 Å². The molecule has 0 fully saturated rings. The lowest BCUT2D eigenvalue weighted by atomic mass is 9.82. The molecule has 6 nitrogen and oxygen atoms in total. The van der Waals surface area contributed by atoms with Gasteiger partial charge in [0, 0.05) is 12.1 Å². The monoisotopic (exact) mass is 302 g/mol. The van der Waals surface area contributed by atoms with E-state index in [4.69, 9.17) is 5.73 Å². The van der Waals surface area contributed by atoms with E-state index in [0.717, 1.165) is 0 Å². The van der Waals surface area contributed by atoms with Crippen LogP contribution in [0.3, 0.4) is 0 Å². The molecule has 4 N–H and O–H groups in total. The SMILES string of the molecule is Cc1[nH]nc(CN)c1S(=O)(=O)NC(C)(C)CC(C)(C)C. The molecule has 20 heavy (non-hydrogen) atoms. The van der Waals surface area contributed by atoms with E-state index in [1.165, 1.54) is 0 Å². The second kappa shape index (κ2) is 5.46. The van der Waals surface area contributed by atoms with Crippen molar-refractivity contribution in [1.29, 1.82) is 0 Å². The molecule has 0 aliphatic rings. The number of hydrogen-bond acceptors (Lipinski definition) is 4. The highest BCUT2D eigenvalue weighted by Gasteiger charge is 2.33. The molecule has 7 heteroatoms.